The smallest absolute Gasteiger partial charge is 0.0746 e. The Balaban J connectivity index is 0. The van der Waals surface area contributed by atoms with E-state index in [1.165, 1.54) is 6.92 Å². The third kappa shape index (κ3) is 6.65. The molecular formula is C4H6AcNO-. The minimum Gasteiger partial charge on any atom is -0.664 e. The van der Waals surface area contributed by atoms with E-state index in [1.807, 2.05) is 0 Å². The number of hydrogen-bond donors (Lipinski definition) is 0. The zero-order valence-corrected chi connectivity index (χ0v) is 8.94. The maximum atomic E-state index is 9.71. The number of amides is 1. The molecule has 0 aliphatic heterocycles. The Hall–Kier alpha value is 0.652. The van der Waals surface area contributed by atoms with Gasteiger partial charge in [-0.1, -0.05) is 6.58 Å². The van der Waals surface area contributed by atoms with Crippen LogP contribution in [0.15, 0.2) is 12.2 Å². The van der Waals surface area contributed by atoms with E-state index >= 15 is 0 Å². The molecule has 0 aliphatic rings. The van der Waals surface area contributed by atoms with Crippen LogP contribution in [0.5, 0.6) is 0 Å². The fraction of sp³-hybridized carbons (Fsp3) is 0.250. The summed E-state index contributed by atoms with van der Waals surface area (Å²) >= 11 is 0. The standard InChI is InChI=1S/C4H7NO.Ac/c1-3(2)4(5)6;/h1H2,2H3,(H2,5,6);/p-1. The molecular weight excluding hydrogens is 305 g/mol. The maximum Gasteiger partial charge on any atom is 0.0746 e. The molecule has 37 valence electrons. The Labute approximate surface area is 78.7 Å². The fourth-order valence-corrected chi connectivity index (χ4v) is 0. The van der Waals surface area contributed by atoms with Crippen LogP contribution in [0.25, 0.3) is 5.73 Å². The van der Waals surface area contributed by atoms with Crippen LogP contribution >= 0.6 is 0 Å². The largest absolute Gasteiger partial charge is 0.664 e. The molecule has 0 aromatic heterocycles. The van der Waals surface area contributed by atoms with Gasteiger partial charge in [-0.2, -0.15) is 0 Å². The third-order valence-corrected chi connectivity index (χ3v) is 0.388. The normalized spacial score (nSPS) is 6.43. The summed E-state index contributed by atoms with van der Waals surface area (Å²) in [6.07, 6.45) is 0. The molecule has 0 aromatic carbocycles. The zero-order chi connectivity index (χ0) is 5.15. The van der Waals surface area contributed by atoms with E-state index in [0.717, 1.165) is 0 Å². The molecule has 1 radical (unpaired) electrons. The van der Waals surface area contributed by atoms with Gasteiger partial charge < -0.3 is 10.5 Å². The van der Waals surface area contributed by atoms with E-state index in [9.17, 15) is 4.79 Å². The van der Waals surface area contributed by atoms with Crippen molar-refractivity contribution < 1.29 is 48.9 Å². The molecule has 0 aromatic rings. The third-order valence-electron chi connectivity index (χ3n) is 0.388. The number of carbonyl (C=O) groups is 1. The molecule has 0 aliphatic carbocycles. The van der Waals surface area contributed by atoms with Gasteiger partial charge in [0.05, 0.1) is 5.91 Å². The average Bonchev–Trinajstić information content (AvgIpc) is 1.36. The van der Waals surface area contributed by atoms with Crippen LogP contribution in [-0.4, -0.2) is 5.91 Å². The van der Waals surface area contributed by atoms with Crippen molar-refractivity contribution >= 4 is 5.91 Å². The summed E-state index contributed by atoms with van der Waals surface area (Å²) in [6, 6.07) is 0. The minimum atomic E-state index is -0.685. The van der Waals surface area contributed by atoms with E-state index in [1.54, 1.807) is 0 Å². The number of hydrogen-bond acceptors (Lipinski definition) is 1. The van der Waals surface area contributed by atoms with Crippen LogP contribution < -0.4 is 0 Å². The van der Waals surface area contributed by atoms with Gasteiger partial charge in [0, 0.05) is 44.1 Å². The molecule has 1 amide bonds. The molecule has 0 atom stereocenters. The Kier molecular flexibility index (Phi) is 7.27. The molecule has 3 heteroatoms. The van der Waals surface area contributed by atoms with Gasteiger partial charge in [-0.3, -0.25) is 0 Å². The van der Waals surface area contributed by atoms with E-state index in [4.69, 9.17) is 5.73 Å². The summed E-state index contributed by atoms with van der Waals surface area (Å²) in [4.78, 5) is 9.71. The van der Waals surface area contributed by atoms with E-state index in [-0.39, 0.29) is 49.6 Å². The topological polar surface area (TPSA) is 40.9 Å². The second kappa shape index (κ2) is 4.80. The molecule has 0 bridgehead atoms. The van der Waals surface area contributed by atoms with Crippen molar-refractivity contribution in [2.45, 2.75) is 6.92 Å². The molecule has 0 fully saturated rings. The van der Waals surface area contributed by atoms with Crippen molar-refractivity contribution in [1.29, 1.82) is 0 Å². The van der Waals surface area contributed by atoms with Gasteiger partial charge in [-0.15, -0.1) is 0 Å². The second-order valence-electron chi connectivity index (χ2n) is 1.11. The maximum absolute atomic E-state index is 9.71. The summed E-state index contributed by atoms with van der Waals surface area (Å²) in [5, 5.41) is 0. The average molecular weight is 311 g/mol. The molecule has 0 heterocycles. The van der Waals surface area contributed by atoms with E-state index < -0.39 is 5.91 Å². The summed E-state index contributed by atoms with van der Waals surface area (Å²) in [5.41, 5.74) is 6.58. The van der Waals surface area contributed by atoms with Crippen molar-refractivity contribution in [2.24, 2.45) is 0 Å². The zero-order valence-electron chi connectivity index (χ0n) is 4.19. The van der Waals surface area contributed by atoms with E-state index in [2.05, 4.69) is 6.58 Å². The number of nitrogens with one attached hydrogen (secondary N) is 1. The molecule has 0 saturated heterocycles. The van der Waals surface area contributed by atoms with Gasteiger partial charge in [0.2, 0.25) is 0 Å². The monoisotopic (exact) mass is 311 g/mol. The molecule has 0 spiro atoms. The molecule has 0 unspecified atom stereocenters. The number of carbonyl (C=O) groups excluding carboxylic acids is 1. The SMILES string of the molecule is C=C(C)C([NH-])=O.[Ac]. The summed E-state index contributed by atoms with van der Waals surface area (Å²) in [7, 11) is 0. The van der Waals surface area contributed by atoms with Gasteiger partial charge >= 0.3 is 0 Å². The van der Waals surface area contributed by atoms with Gasteiger partial charge in [-0.25, -0.2) is 0 Å². The van der Waals surface area contributed by atoms with Crippen molar-refractivity contribution in [3.63, 3.8) is 0 Å². The summed E-state index contributed by atoms with van der Waals surface area (Å²) in [5.74, 6) is -0.685. The van der Waals surface area contributed by atoms with Crippen LogP contribution in [0.4, 0.5) is 0 Å². The first-order valence-electron chi connectivity index (χ1n) is 1.56. The van der Waals surface area contributed by atoms with Gasteiger partial charge in [0.15, 0.2) is 0 Å². The Bertz CT molecular complexity index is 77.7. The predicted molar refractivity (Wildman–Crippen MR) is 24.1 cm³/mol. The van der Waals surface area contributed by atoms with Crippen LogP contribution in [0.1, 0.15) is 6.92 Å². The van der Waals surface area contributed by atoms with Gasteiger partial charge in [0.1, 0.15) is 0 Å². The van der Waals surface area contributed by atoms with Crippen LogP contribution in [0.3, 0.4) is 0 Å². The van der Waals surface area contributed by atoms with Crippen LogP contribution in [-0.2, 0) is 4.79 Å². The summed E-state index contributed by atoms with van der Waals surface area (Å²) in [6.45, 7) is 4.73. The first-order valence-corrected chi connectivity index (χ1v) is 1.56. The van der Waals surface area contributed by atoms with Crippen molar-refractivity contribution in [3.05, 3.63) is 17.9 Å². The fourth-order valence-electron chi connectivity index (χ4n) is 0. The van der Waals surface area contributed by atoms with Crippen LogP contribution in [0, 0.1) is 44.1 Å². The first-order chi connectivity index (χ1) is 2.64. The molecule has 7 heavy (non-hydrogen) atoms. The van der Waals surface area contributed by atoms with Crippen LogP contribution in [0.2, 0.25) is 0 Å². The molecule has 1 N–H and O–H groups in total. The van der Waals surface area contributed by atoms with E-state index in [0.29, 0.717) is 0 Å². The quantitative estimate of drug-likeness (QED) is 0.670. The van der Waals surface area contributed by atoms with Crippen molar-refractivity contribution in [1.82, 2.24) is 0 Å². The van der Waals surface area contributed by atoms with Crippen molar-refractivity contribution in [2.75, 3.05) is 0 Å². The molecule has 2 nitrogen and oxygen atoms in total. The first kappa shape index (κ1) is 10.6. The van der Waals surface area contributed by atoms with Crippen molar-refractivity contribution in [3.8, 4) is 0 Å². The molecule has 0 rings (SSSR count). The predicted octanol–water partition coefficient (Wildman–Crippen LogP) is 1.14. The van der Waals surface area contributed by atoms with Gasteiger partial charge in [0.25, 0.3) is 0 Å². The van der Waals surface area contributed by atoms with Gasteiger partial charge in [-0.05, 0) is 12.5 Å². The second-order valence-corrected chi connectivity index (χ2v) is 1.11. The number of rotatable bonds is 1. The Morgan fingerprint density at radius 3 is 1.86 bits per heavy atom. The Morgan fingerprint density at radius 1 is 1.71 bits per heavy atom. The minimum absolute atomic E-state index is 0. The molecule has 0 saturated carbocycles. The Morgan fingerprint density at radius 2 is 1.86 bits per heavy atom. The summed E-state index contributed by atoms with van der Waals surface area (Å²) < 4.78 is 0.